The van der Waals surface area contributed by atoms with E-state index in [0.29, 0.717) is 0 Å². The third-order valence-corrected chi connectivity index (χ3v) is 3.93. The van der Waals surface area contributed by atoms with Gasteiger partial charge >= 0.3 is 0 Å². The number of aromatic nitrogens is 2. The van der Waals surface area contributed by atoms with E-state index < -0.39 is 0 Å². The Hall–Kier alpha value is -1.68. The highest BCUT2D eigenvalue weighted by Crippen LogP contribution is 2.25. The first-order valence-electron chi connectivity index (χ1n) is 6.97. The zero-order valence-electron chi connectivity index (χ0n) is 11.3. The predicted octanol–water partition coefficient (Wildman–Crippen LogP) is 2.07. The van der Waals surface area contributed by atoms with Crippen LogP contribution in [0.5, 0.6) is 0 Å². The van der Waals surface area contributed by atoms with Gasteiger partial charge in [-0.05, 0) is 37.9 Å². The molecule has 0 spiro atoms. The molecule has 1 fully saturated rings. The van der Waals surface area contributed by atoms with Crippen LogP contribution in [0.25, 0.3) is 10.9 Å². The normalized spacial score (nSPS) is 16.7. The van der Waals surface area contributed by atoms with Crippen LogP contribution in [0.15, 0.2) is 30.5 Å². The molecule has 100 valence electrons. The first-order chi connectivity index (χ1) is 9.34. The van der Waals surface area contributed by atoms with Gasteiger partial charge in [0.2, 0.25) is 0 Å². The van der Waals surface area contributed by atoms with E-state index >= 15 is 0 Å². The van der Waals surface area contributed by atoms with Crippen LogP contribution in [0.1, 0.15) is 12.8 Å². The Labute approximate surface area is 113 Å². The zero-order valence-corrected chi connectivity index (χ0v) is 11.3. The molecule has 0 saturated carbocycles. The maximum Gasteiger partial charge on any atom is 0.0950 e. The molecule has 0 aliphatic carbocycles. The van der Waals surface area contributed by atoms with Crippen molar-refractivity contribution in [2.45, 2.75) is 12.8 Å². The number of nitrogens with zero attached hydrogens (tertiary/aromatic N) is 3. The molecule has 0 unspecified atom stereocenters. The van der Waals surface area contributed by atoms with Gasteiger partial charge in [0.1, 0.15) is 0 Å². The van der Waals surface area contributed by atoms with Crippen LogP contribution in [0, 0.1) is 5.92 Å². The van der Waals surface area contributed by atoms with Crippen molar-refractivity contribution in [1.82, 2.24) is 15.5 Å². The second-order valence-corrected chi connectivity index (χ2v) is 5.32. The fraction of sp³-hybridized carbons (Fsp3) is 0.467. The monoisotopic (exact) mass is 256 g/mol. The smallest absolute Gasteiger partial charge is 0.0950 e. The van der Waals surface area contributed by atoms with Crippen LogP contribution in [0.4, 0.5) is 5.69 Å². The lowest BCUT2D eigenvalue weighted by Crippen LogP contribution is -2.34. The molecule has 1 aliphatic heterocycles. The molecule has 1 aliphatic rings. The molecular formula is C15H20N4. The fourth-order valence-corrected chi connectivity index (χ4v) is 2.85. The molecule has 1 saturated heterocycles. The Bertz CT molecular complexity index is 543. The number of hydrogen-bond acceptors (Lipinski definition) is 4. The predicted molar refractivity (Wildman–Crippen MR) is 78.4 cm³/mol. The molecule has 2 heterocycles. The van der Waals surface area contributed by atoms with Crippen LogP contribution >= 0.6 is 0 Å². The molecule has 3 rings (SSSR count). The largest absolute Gasteiger partial charge is 0.372 e. The lowest BCUT2D eigenvalue weighted by atomic mass is 9.97. The van der Waals surface area contributed by atoms with Gasteiger partial charge in [0.25, 0.3) is 0 Å². The molecule has 2 aromatic rings. The van der Waals surface area contributed by atoms with Crippen LogP contribution < -0.4 is 10.2 Å². The lowest BCUT2D eigenvalue weighted by molar-refractivity contribution is 0.378. The third kappa shape index (κ3) is 2.68. The minimum atomic E-state index is 0.776. The SMILES string of the molecule is CN(CC1CCNCC1)c1cnnc2ccccc12. The average molecular weight is 256 g/mol. The molecule has 1 aromatic carbocycles. The van der Waals surface area contributed by atoms with Gasteiger partial charge in [-0.2, -0.15) is 10.2 Å². The van der Waals surface area contributed by atoms with E-state index in [2.05, 4.69) is 39.6 Å². The van der Waals surface area contributed by atoms with Crippen LogP contribution in [-0.4, -0.2) is 36.9 Å². The molecule has 19 heavy (non-hydrogen) atoms. The second kappa shape index (κ2) is 5.53. The summed E-state index contributed by atoms with van der Waals surface area (Å²) in [7, 11) is 2.16. The average Bonchev–Trinajstić information content (AvgIpc) is 2.47. The van der Waals surface area contributed by atoms with E-state index in [0.717, 1.165) is 31.1 Å². The Morgan fingerprint density at radius 2 is 2.05 bits per heavy atom. The van der Waals surface area contributed by atoms with E-state index in [9.17, 15) is 0 Å². The van der Waals surface area contributed by atoms with Crippen molar-refractivity contribution < 1.29 is 0 Å². The van der Waals surface area contributed by atoms with Crippen LogP contribution in [0.2, 0.25) is 0 Å². The van der Waals surface area contributed by atoms with Gasteiger partial charge in [-0.15, -0.1) is 0 Å². The fourth-order valence-electron chi connectivity index (χ4n) is 2.85. The lowest BCUT2D eigenvalue weighted by Gasteiger charge is -2.29. The topological polar surface area (TPSA) is 41.0 Å². The molecule has 0 bridgehead atoms. The zero-order chi connectivity index (χ0) is 13.1. The molecule has 1 N–H and O–H groups in total. The number of piperidine rings is 1. The van der Waals surface area contributed by atoms with Crippen molar-refractivity contribution in [3.8, 4) is 0 Å². The molecule has 4 heteroatoms. The van der Waals surface area contributed by atoms with Gasteiger partial charge in [0.15, 0.2) is 0 Å². The maximum absolute atomic E-state index is 4.18. The summed E-state index contributed by atoms with van der Waals surface area (Å²) in [4.78, 5) is 2.33. The number of benzene rings is 1. The van der Waals surface area contributed by atoms with Crippen molar-refractivity contribution in [3.63, 3.8) is 0 Å². The van der Waals surface area contributed by atoms with Gasteiger partial charge in [-0.25, -0.2) is 0 Å². The van der Waals surface area contributed by atoms with Crippen molar-refractivity contribution >= 4 is 16.6 Å². The molecule has 1 aromatic heterocycles. The Morgan fingerprint density at radius 3 is 2.89 bits per heavy atom. The Kier molecular flexibility index (Phi) is 3.60. The van der Waals surface area contributed by atoms with Gasteiger partial charge < -0.3 is 10.2 Å². The van der Waals surface area contributed by atoms with Gasteiger partial charge in [-0.1, -0.05) is 18.2 Å². The number of hydrogen-bond donors (Lipinski definition) is 1. The highest BCUT2D eigenvalue weighted by Gasteiger charge is 2.16. The molecule has 0 atom stereocenters. The standard InChI is InChI=1S/C15H20N4/c1-19(11-12-6-8-16-9-7-12)15-10-17-18-14-5-3-2-4-13(14)15/h2-5,10,12,16H,6-9,11H2,1H3. The maximum atomic E-state index is 4.18. The van der Waals surface area contributed by atoms with E-state index in [1.807, 2.05) is 18.3 Å². The summed E-state index contributed by atoms with van der Waals surface area (Å²) in [5.41, 5.74) is 2.15. The summed E-state index contributed by atoms with van der Waals surface area (Å²) < 4.78 is 0. The molecular weight excluding hydrogens is 236 g/mol. The summed E-state index contributed by atoms with van der Waals surface area (Å²) >= 11 is 0. The highest BCUT2D eigenvalue weighted by molar-refractivity contribution is 5.90. The minimum absolute atomic E-state index is 0.776. The van der Waals surface area contributed by atoms with Gasteiger partial charge in [0.05, 0.1) is 17.4 Å². The van der Waals surface area contributed by atoms with E-state index in [1.165, 1.54) is 23.9 Å². The van der Waals surface area contributed by atoms with Gasteiger partial charge in [0, 0.05) is 19.0 Å². The highest BCUT2D eigenvalue weighted by atomic mass is 15.2. The number of rotatable bonds is 3. The number of nitrogens with one attached hydrogen (secondary N) is 1. The van der Waals surface area contributed by atoms with Crippen molar-refractivity contribution in [2.24, 2.45) is 5.92 Å². The summed E-state index contributed by atoms with van der Waals surface area (Å²) in [5.74, 6) is 0.776. The second-order valence-electron chi connectivity index (χ2n) is 5.32. The van der Waals surface area contributed by atoms with E-state index in [4.69, 9.17) is 0 Å². The van der Waals surface area contributed by atoms with Crippen molar-refractivity contribution in [3.05, 3.63) is 30.5 Å². The number of anilines is 1. The van der Waals surface area contributed by atoms with E-state index in [-0.39, 0.29) is 0 Å². The Balaban J connectivity index is 1.82. The Morgan fingerprint density at radius 1 is 1.26 bits per heavy atom. The molecule has 0 amide bonds. The first kappa shape index (κ1) is 12.4. The summed E-state index contributed by atoms with van der Waals surface area (Å²) in [6, 6.07) is 8.21. The van der Waals surface area contributed by atoms with Crippen LogP contribution in [0.3, 0.4) is 0 Å². The van der Waals surface area contributed by atoms with Crippen molar-refractivity contribution in [2.75, 3.05) is 31.6 Å². The molecule has 0 radical (unpaired) electrons. The minimum Gasteiger partial charge on any atom is -0.372 e. The first-order valence-corrected chi connectivity index (χ1v) is 6.97. The summed E-state index contributed by atoms with van der Waals surface area (Å²) in [6.45, 7) is 3.39. The quantitative estimate of drug-likeness (QED) is 0.912. The van der Waals surface area contributed by atoms with Crippen LogP contribution in [-0.2, 0) is 0 Å². The van der Waals surface area contributed by atoms with Gasteiger partial charge in [-0.3, -0.25) is 0 Å². The molecule has 4 nitrogen and oxygen atoms in total. The number of fused-ring (bicyclic) bond motifs is 1. The third-order valence-electron chi connectivity index (χ3n) is 3.93. The summed E-state index contributed by atoms with van der Waals surface area (Å²) in [5, 5.41) is 12.9. The van der Waals surface area contributed by atoms with Crippen molar-refractivity contribution in [1.29, 1.82) is 0 Å². The summed E-state index contributed by atoms with van der Waals surface area (Å²) in [6.07, 6.45) is 4.41. The van der Waals surface area contributed by atoms with E-state index in [1.54, 1.807) is 0 Å².